The van der Waals surface area contributed by atoms with Crippen molar-refractivity contribution < 1.29 is 13.2 Å². The van der Waals surface area contributed by atoms with E-state index in [2.05, 4.69) is 30.7 Å². The van der Waals surface area contributed by atoms with Crippen LogP contribution in [-0.2, 0) is 0 Å². The van der Waals surface area contributed by atoms with Crippen LogP contribution in [0.4, 0.5) is 42.0 Å². The summed E-state index contributed by atoms with van der Waals surface area (Å²) >= 11 is 0. The predicted molar refractivity (Wildman–Crippen MR) is 101 cm³/mol. The molecule has 28 heavy (non-hydrogen) atoms. The second-order valence-electron chi connectivity index (χ2n) is 6.38. The van der Waals surface area contributed by atoms with Crippen LogP contribution in [0.2, 0.25) is 0 Å². The lowest BCUT2D eigenvalue weighted by molar-refractivity contribution is 0.449. The summed E-state index contributed by atoms with van der Waals surface area (Å²) in [5.74, 6) is -3.86. The highest BCUT2D eigenvalue weighted by atomic mass is 19.2. The Kier molecular flexibility index (Phi) is 4.96. The van der Waals surface area contributed by atoms with E-state index in [-0.39, 0.29) is 11.6 Å². The van der Waals surface area contributed by atoms with Crippen molar-refractivity contribution in [1.29, 1.82) is 0 Å². The van der Waals surface area contributed by atoms with E-state index in [1.165, 1.54) is 24.7 Å². The summed E-state index contributed by atoms with van der Waals surface area (Å²) in [5, 5.41) is 13.1. The molecule has 2 aromatic carbocycles. The van der Waals surface area contributed by atoms with E-state index >= 15 is 0 Å². The Morgan fingerprint density at radius 3 is 2.36 bits per heavy atom. The lowest BCUT2D eigenvalue weighted by Gasteiger charge is -2.17. The van der Waals surface area contributed by atoms with Gasteiger partial charge in [-0.25, -0.2) is 13.2 Å². The standard InChI is InChI=1S/C19H17F3N6/c20-14-7-8-15(18(22)17(14)21)25-19-26-16(11-23-27-19)24-12-3-5-13(6-4-12)28-9-1-2-10-28/h3-8,11H,1-2,9-10H2,(H2,24,25,26,27). The molecule has 1 fully saturated rings. The zero-order chi connectivity index (χ0) is 19.5. The number of hydrogen-bond acceptors (Lipinski definition) is 6. The lowest BCUT2D eigenvalue weighted by Crippen LogP contribution is -2.17. The molecule has 0 spiro atoms. The zero-order valence-corrected chi connectivity index (χ0v) is 14.8. The van der Waals surface area contributed by atoms with Gasteiger partial charge in [0.05, 0.1) is 11.9 Å². The van der Waals surface area contributed by atoms with Crippen molar-refractivity contribution in [1.82, 2.24) is 15.2 Å². The van der Waals surface area contributed by atoms with Crippen molar-refractivity contribution in [2.75, 3.05) is 28.6 Å². The van der Waals surface area contributed by atoms with Gasteiger partial charge in [-0.3, -0.25) is 0 Å². The van der Waals surface area contributed by atoms with E-state index in [0.29, 0.717) is 5.82 Å². The highest BCUT2D eigenvalue weighted by Crippen LogP contribution is 2.25. The van der Waals surface area contributed by atoms with E-state index in [9.17, 15) is 13.2 Å². The number of nitrogens with one attached hydrogen (secondary N) is 2. The highest BCUT2D eigenvalue weighted by Gasteiger charge is 2.15. The molecule has 0 saturated carbocycles. The highest BCUT2D eigenvalue weighted by molar-refractivity contribution is 5.62. The van der Waals surface area contributed by atoms with E-state index in [0.717, 1.165) is 30.9 Å². The van der Waals surface area contributed by atoms with Crippen LogP contribution in [0.15, 0.2) is 42.6 Å². The maximum atomic E-state index is 13.8. The average molecular weight is 386 g/mol. The van der Waals surface area contributed by atoms with Crippen LogP contribution in [0.5, 0.6) is 0 Å². The van der Waals surface area contributed by atoms with Gasteiger partial charge >= 0.3 is 0 Å². The average Bonchev–Trinajstić information content (AvgIpc) is 3.24. The van der Waals surface area contributed by atoms with Crippen LogP contribution < -0.4 is 15.5 Å². The number of hydrogen-bond donors (Lipinski definition) is 2. The largest absolute Gasteiger partial charge is 0.372 e. The van der Waals surface area contributed by atoms with Gasteiger partial charge in [-0.05, 0) is 49.2 Å². The van der Waals surface area contributed by atoms with Gasteiger partial charge in [0, 0.05) is 24.5 Å². The van der Waals surface area contributed by atoms with Crippen LogP contribution in [-0.4, -0.2) is 28.3 Å². The van der Waals surface area contributed by atoms with Gasteiger partial charge in [-0.15, -0.1) is 5.10 Å². The van der Waals surface area contributed by atoms with E-state index in [4.69, 9.17) is 0 Å². The second kappa shape index (κ2) is 7.71. The molecule has 3 aromatic rings. The fourth-order valence-electron chi connectivity index (χ4n) is 3.04. The topological polar surface area (TPSA) is 66.0 Å². The molecule has 0 unspecified atom stereocenters. The smallest absolute Gasteiger partial charge is 0.249 e. The normalized spacial score (nSPS) is 13.6. The van der Waals surface area contributed by atoms with Gasteiger partial charge < -0.3 is 15.5 Å². The number of rotatable bonds is 5. The quantitative estimate of drug-likeness (QED) is 0.635. The first-order chi connectivity index (χ1) is 13.6. The molecule has 1 aromatic heterocycles. The van der Waals surface area contributed by atoms with E-state index in [1.807, 2.05) is 24.3 Å². The number of halogens is 3. The van der Waals surface area contributed by atoms with Crippen molar-refractivity contribution >= 4 is 28.8 Å². The molecule has 1 aliphatic heterocycles. The summed E-state index contributed by atoms with van der Waals surface area (Å²) in [4.78, 5) is 6.50. The number of benzene rings is 2. The Morgan fingerprint density at radius 2 is 1.61 bits per heavy atom. The molecular weight excluding hydrogens is 369 g/mol. The third-order valence-electron chi connectivity index (χ3n) is 4.45. The molecule has 9 heteroatoms. The summed E-state index contributed by atoms with van der Waals surface area (Å²) < 4.78 is 40.2. The second-order valence-corrected chi connectivity index (χ2v) is 6.38. The van der Waals surface area contributed by atoms with Crippen molar-refractivity contribution in [2.24, 2.45) is 0 Å². The van der Waals surface area contributed by atoms with Crippen LogP contribution in [0, 0.1) is 17.5 Å². The molecule has 0 bridgehead atoms. The monoisotopic (exact) mass is 386 g/mol. The zero-order valence-electron chi connectivity index (χ0n) is 14.8. The molecule has 2 N–H and O–H groups in total. The molecule has 0 atom stereocenters. The van der Waals surface area contributed by atoms with Crippen LogP contribution >= 0.6 is 0 Å². The first-order valence-electron chi connectivity index (χ1n) is 8.82. The first-order valence-corrected chi connectivity index (χ1v) is 8.82. The van der Waals surface area contributed by atoms with Crippen LogP contribution in [0.1, 0.15) is 12.8 Å². The molecule has 144 valence electrons. The van der Waals surface area contributed by atoms with Gasteiger partial charge in [0.25, 0.3) is 0 Å². The Labute approximate surface area is 159 Å². The van der Waals surface area contributed by atoms with E-state index in [1.54, 1.807) is 0 Å². The van der Waals surface area contributed by atoms with E-state index < -0.39 is 17.5 Å². The number of nitrogens with zero attached hydrogens (tertiary/aromatic N) is 4. The molecule has 6 nitrogen and oxygen atoms in total. The first kappa shape index (κ1) is 18.0. The summed E-state index contributed by atoms with van der Waals surface area (Å²) in [6.07, 6.45) is 3.82. The SMILES string of the molecule is Fc1ccc(Nc2nncc(Nc3ccc(N4CCCC4)cc3)n2)c(F)c1F. The summed E-state index contributed by atoms with van der Waals surface area (Å²) in [6.45, 7) is 2.14. The van der Waals surface area contributed by atoms with Gasteiger partial charge in [-0.1, -0.05) is 0 Å². The predicted octanol–water partition coefficient (Wildman–Crippen LogP) is 4.38. The maximum Gasteiger partial charge on any atom is 0.249 e. The minimum Gasteiger partial charge on any atom is -0.372 e. The fourth-order valence-corrected chi connectivity index (χ4v) is 3.04. The van der Waals surface area contributed by atoms with Crippen LogP contribution in [0.3, 0.4) is 0 Å². The molecule has 0 radical (unpaired) electrons. The fraction of sp³-hybridized carbons (Fsp3) is 0.211. The molecule has 1 saturated heterocycles. The Hall–Kier alpha value is -3.36. The Morgan fingerprint density at radius 1 is 0.857 bits per heavy atom. The van der Waals surface area contributed by atoms with Gasteiger partial charge in [0.1, 0.15) is 0 Å². The Balaban J connectivity index is 1.47. The molecule has 0 aliphatic carbocycles. The third-order valence-corrected chi connectivity index (χ3v) is 4.45. The number of anilines is 5. The minimum atomic E-state index is -1.56. The molecule has 1 aliphatic rings. The van der Waals surface area contributed by atoms with Gasteiger partial charge in [-0.2, -0.15) is 10.1 Å². The third kappa shape index (κ3) is 3.83. The molecular formula is C19H17F3N6. The lowest BCUT2D eigenvalue weighted by atomic mass is 10.2. The maximum absolute atomic E-state index is 13.8. The van der Waals surface area contributed by atoms with Gasteiger partial charge in [0.15, 0.2) is 23.3 Å². The van der Waals surface area contributed by atoms with Crippen molar-refractivity contribution in [3.8, 4) is 0 Å². The van der Waals surface area contributed by atoms with Crippen molar-refractivity contribution in [2.45, 2.75) is 12.8 Å². The van der Waals surface area contributed by atoms with Gasteiger partial charge in [0.2, 0.25) is 5.95 Å². The Bertz CT molecular complexity index is 974. The van der Waals surface area contributed by atoms with Crippen molar-refractivity contribution in [3.63, 3.8) is 0 Å². The molecule has 2 heterocycles. The van der Waals surface area contributed by atoms with Crippen molar-refractivity contribution in [3.05, 3.63) is 60.0 Å². The summed E-state index contributed by atoms with van der Waals surface area (Å²) in [5.41, 5.74) is 1.68. The minimum absolute atomic E-state index is 0.0522. The summed E-state index contributed by atoms with van der Waals surface area (Å²) in [7, 11) is 0. The molecule has 4 rings (SSSR count). The molecule has 0 amide bonds. The number of aromatic nitrogens is 3. The summed E-state index contributed by atoms with van der Waals surface area (Å²) in [6, 6.07) is 9.79. The van der Waals surface area contributed by atoms with Crippen LogP contribution in [0.25, 0.3) is 0 Å².